The van der Waals surface area contributed by atoms with Crippen molar-refractivity contribution >= 4 is 39.0 Å². The molecule has 6 nitrogen and oxygen atoms in total. The van der Waals surface area contributed by atoms with Gasteiger partial charge in [-0.05, 0) is 75.5 Å². The van der Waals surface area contributed by atoms with Gasteiger partial charge in [-0.25, -0.2) is 9.97 Å². The lowest BCUT2D eigenvalue weighted by Crippen LogP contribution is -2.33. The van der Waals surface area contributed by atoms with Gasteiger partial charge in [0.25, 0.3) is 0 Å². The molecule has 3 N–H and O–H groups in total. The van der Waals surface area contributed by atoms with Gasteiger partial charge in [0.05, 0.1) is 11.9 Å². The number of piperidine rings is 1. The fraction of sp³-hybridized carbons (Fsp3) is 0.409. The Morgan fingerprint density at radius 3 is 2.55 bits per heavy atom. The molecule has 0 atom stereocenters. The van der Waals surface area contributed by atoms with E-state index in [0.29, 0.717) is 5.56 Å². The van der Waals surface area contributed by atoms with Crippen molar-refractivity contribution in [1.29, 1.82) is 0 Å². The third-order valence-electron chi connectivity index (χ3n) is 5.75. The number of likely N-dealkylation sites (tertiary alicyclic amines) is 1. The van der Waals surface area contributed by atoms with Crippen LogP contribution in [0, 0.1) is 19.8 Å². The van der Waals surface area contributed by atoms with E-state index in [2.05, 4.69) is 31.0 Å². The molecule has 152 valence electrons. The molecule has 0 spiro atoms. The Balaban J connectivity index is 1.66. The fourth-order valence-electron chi connectivity index (χ4n) is 3.73. The van der Waals surface area contributed by atoms with Gasteiger partial charge in [-0.15, -0.1) is 11.3 Å². The molecule has 1 aliphatic rings. The van der Waals surface area contributed by atoms with Gasteiger partial charge >= 0.3 is 0 Å². The van der Waals surface area contributed by atoms with Crippen LogP contribution in [-0.4, -0.2) is 33.9 Å². The van der Waals surface area contributed by atoms with E-state index in [4.69, 9.17) is 15.7 Å². The Morgan fingerprint density at radius 1 is 1.21 bits per heavy atom. The van der Waals surface area contributed by atoms with Crippen LogP contribution >= 0.6 is 11.3 Å². The average molecular weight is 410 g/mol. The summed E-state index contributed by atoms with van der Waals surface area (Å²) in [5, 5.41) is 4.51. The van der Waals surface area contributed by atoms with Crippen molar-refractivity contribution in [2.45, 2.75) is 40.2 Å². The maximum absolute atomic E-state index is 11.3. The van der Waals surface area contributed by atoms with E-state index >= 15 is 0 Å². The number of nitrogens with zero attached hydrogens (tertiary/aromatic N) is 3. The molecule has 0 radical (unpaired) electrons. The molecule has 0 bridgehead atoms. The first-order valence-corrected chi connectivity index (χ1v) is 10.9. The smallest absolute Gasteiger partial charge is 0.248 e. The first kappa shape index (κ1) is 19.8. The molecule has 2 aromatic heterocycles. The average Bonchev–Trinajstić information content (AvgIpc) is 2.98. The van der Waals surface area contributed by atoms with Crippen molar-refractivity contribution in [2.75, 3.05) is 18.4 Å². The van der Waals surface area contributed by atoms with E-state index in [9.17, 15) is 4.79 Å². The van der Waals surface area contributed by atoms with Gasteiger partial charge in [0, 0.05) is 16.1 Å². The van der Waals surface area contributed by atoms with E-state index in [-0.39, 0.29) is 0 Å². The number of anilines is 2. The molecule has 1 amide bonds. The van der Waals surface area contributed by atoms with Crippen LogP contribution in [0.2, 0.25) is 0 Å². The third kappa shape index (κ3) is 4.26. The third-order valence-corrected chi connectivity index (χ3v) is 6.85. The summed E-state index contributed by atoms with van der Waals surface area (Å²) in [4.78, 5) is 25.8. The molecule has 0 aliphatic carbocycles. The largest absolute Gasteiger partial charge is 0.366 e. The van der Waals surface area contributed by atoms with Crippen molar-refractivity contribution in [3.05, 3.63) is 46.1 Å². The number of hydrogen-bond donors (Lipinski definition) is 2. The van der Waals surface area contributed by atoms with Gasteiger partial charge in [-0.1, -0.05) is 6.92 Å². The minimum absolute atomic E-state index is 0.427. The number of fused-ring (bicyclic) bond motifs is 1. The molecule has 1 fully saturated rings. The van der Waals surface area contributed by atoms with Crippen LogP contribution in [0.3, 0.4) is 0 Å². The Kier molecular flexibility index (Phi) is 5.52. The van der Waals surface area contributed by atoms with Crippen LogP contribution in [0.1, 0.15) is 46.4 Å². The summed E-state index contributed by atoms with van der Waals surface area (Å²) in [7, 11) is 0. The second kappa shape index (κ2) is 8.08. The zero-order valence-electron chi connectivity index (χ0n) is 17.2. The Hall–Kier alpha value is -2.51. The van der Waals surface area contributed by atoms with Gasteiger partial charge in [0.2, 0.25) is 5.91 Å². The summed E-state index contributed by atoms with van der Waals surface area (Å²) in [6.45, 7) is 9.53. The van der Waals surface area contributed by atoms with Gasteiger partial charge in [0.1, 0.15) is 16.5 Å². The highest BCUT2D eigenvalue weighted by Crippen LogP contribution is 2.35. The second-order valence-electron chi connectivity index (χ2n) is 7.98. The lowest BCUT2D eigenvalue weighted by atomic mass is 9.99. The molecule has 7 heteroatoms. The summed E-state index contributed by atoms with van der Waals surface area (Å²) in [6, 6.07) is 7.16. The van der Waals surface area contributed by atoms with Gasteiger partial charge in [-0.2, -0.15) is 0 Å². The molecule has 29 heavy (non-hydrogen) atoms. The maximum atomic E-state index is 11.3. The van der Waals surface area contributed by atoms with Crippen LogP contribution < -0.4 is 11.1 Å². The summed E-state index contributed by atoms with van der Waals surface area (Å²) >= 11 is 1.72. The van der Waals surface area contributed by atoms with E-state index in [1.165, 1.54) is 23.3 Å². The molecule has 0 unspecified atom stereocenters. The van der Waals surface area contributed by atoms with Crippen LogP contribution in [0.15, 0.2) is 24.3 Å². The van der Waals surface area contributed by atoms with Crippen molar-refractivity contribution in [2.24, 2.45) is 11.7 Å². The van der Waals surface area contributed by atoms with E-state index < -0.39 is 5.91 Å². The lowest BCUT2D eigenvalue weighted by molar-refractivity contribution is 0.100. The molecule has 1 saturated heterocycles. The minimum Gasteiger partial charge on any atom is -0.366 e. The van der Waals surface area contributed by atoms with Gasteiger partial charge < -0.3 is 11.1 Å². The predicted octanol–water partition coefficient (Wildman–Crippen LogP) is 4.38. The molecule has 4 rings (SSSR count). The molecular weight excluding hydrogens is 382 g/mol. The van der Waals surface area contributed by atoms with Crippen molar-refractivity contribution in [3.63, 3.8) is 0 Å². The first-order valence-electron chi connectivity index (χ1n) is 10.1. The van der Waals surface area contributed by atoms with E-state index in [1.54, 1.807) is 23.5 Å². The number of aryl methyl sites for hydroxylation is 2. The topological polar surface area (TPSA) is 84.1 Å². The van der Waals surface area contributed by atoms with Crippen LogP contribution in [0.4, 0.5) is 11.5 Å². The number of benzene rings is 1. The van der Waals surface area contributed by atoms with Crippen LogP contribution in [0.25, 0.3) is 10.2 Å². The van der Waals surface area contributed by atoms with E-state index in [1.807, 2.05) is 12.1 Å². The highest BCUT2D eigenvalue weighted by molar-refractivity contribution is 7.18. The molecule has 1 aliphatic heterocycles. The van der Waals surface area contributed by atoms with Crippen LogP contribution in [0.5, 0.6) is 0 Å². The van der Waals surface area contributed by atoms with E-state index in [0.717, 1.165) is 53.1 Å². The number of aromatic nitrogens is 2. The van der Waals surface area contributed by atoms with Gasteiger partial charge in [-0.3, -0.25) is 9.69 Å². The number of primary amides is 1. The highest BCUT2D eigenvalue weighted by atomic mass is 32.1. The maximum Gasteiger partial charge on any atom is 0.248 e. The normalized spacial score (nSPS) is 15.7. The number of carbonyl (C=O) groups excluding carboxylic acids is 1. The predicted molar refractivity (Wildman–Crippen MR) is 119 cm³/mol. The number of nitrogens with two attached hydrogens (primary N) is 1. The molecule has 1 aromatic carbocycles. The van der Waals surface area contributed by atoms with Crippen molar-refractivity contribution in [3.8, 4) is 0 Å². The Bertz CT molecular complexity index is 1040. The number of carbonyl (C=O) groups is 1. The quantitative estimate of drug-likeness (QED) is 0.653. The lowest BCUT2D eigenvalue weighted by Gasteiger charge is -2.29. The summed E-state index contributed by atoms with van der Waals surface area (Å²) in [5.41, 5.74) is 7.92. The fourth-order valence-corrected chi connectivity index (χ4v) is 4.78. The number of rotatable bonds is 5. The first-order chi connectivity index (χ1) is 13.9. The molecule has 3 heterocycles. The number of hydrogen-bond acceptors (Lipinski definition) is 6. The van der Waals surface area contributed by atoms with Crippen molar-refractivity contribution < 1.29 is 4.79 Å². The Morgan fingerprint density at radius 2 is 1.90 bits per heavy atom. The summed E-state index contributed by atoms with van der Waals surface area (Å²) in [6.07, 6.45) is 2.47. The second-order valence-corrected chi connectivity index (χ2v) is 9.18. The number of nitrogens with one attached hydrogen (secondary N) is 1. The zero-order valence-corrected chi connectivity index (χ0v) is 18.0. The SMILES string of the molecule is Cc1sc2nc(CN3CCC(C)CC3)nc(Nc3ccc(C(N)=O)cc3)c2c1C. The summed E-state index contributed by atoms with van der Waals surface area (Å²) < 4.78 is 0. The molecule has 0 saturated carbocycles. The monoisotopic (exact) mass is 409 g/mol. The molecular formula is C22H27N5OS. The molecule has 3 aromatic rings. The number of thiophene rings is 1. The highest BCUT2D eigenvalue weighted by Gasteiger charge is 2.19. The number of amides is 1. The summed E-state index contributed by atoms with van der Waals surface area (Å²) in [5.74, 6) is 2.05. The van der Waals surface area contributed by atoms with Crippen molar-refractivity contribution in [1.82, 2.24) is 14.9 Å². The zero-order chi connectivity index (χ0) is 20.5. The minimum atomic E-state index is -0.427. The Labute approximate surface area is 175 Å². The van der Waals surface area contributed by atoms with Gasteiger partial charge in [0.15, 0.2) is 0 Å². The standard InChI is InChI=1S/C22H27N5OS/c1-13-8-10-27(11-9-13)12-18-25-21(19-14(2)15(3)29-22(19)26-18)24-17-6-4-16(5-7-17)20(23)28/h4-7,13H,8-12H2,1-3H3,(H2,23,28)(H,24,25,26). The van der Waals surface area contributed by atoms with Crippen LogP contribution in [-0.2, 0) is 6.54 Å².